The minimum atomic E-state index is 0.661. The van der Waals surface area contributed by atoms with Crippen LogP contribution in [0.25, 0.3) is 11.1 Å². The van der Waals surface area contributed by atoms with Crippen LogP contribution in [0.1, 0.15) is 25.8 Å². The number of ether oxygens (including phenoxy) is 1. The zero-order valence-electron chi connectivity index (χ0n) is 12.7. The number of hydrogen-bond donors (Lipinski definition) is 1. The fourth-order valence-corrected chi connectivity index (χ4v) is 2.54. The van der Waals surface area contributed by atoms with Crippen molar-refractivity contribution in [2.24, 2.45) is 0 Å². The van der Waals surface area contributed by atoms with Gasteiger partial charge in [-0.05, 0) is 49.2 Å². The van der Waals surface area contributed by atoms with Crippen molar-refractivity contribution in [3.63, 3.8) is 0 Å². The second kappa shape index (κ2) is 8.06. The molecule has 0 amide bonds. The van der Waals surface area contributed by atoms with E-state index in [4.69, 9.17) is 16.3 Å². The van der Waals surface area contributed by atoms with Gasteiger partial charge >= 0.3 is 0 Å². The van der Waals surface area contributed by atoms with Crippen LogP contribution >= 0.6 is 11.6 Å². The van der Waals surface area contributed by atoms with Crippen molar-refractivity contribution in [2.45, 2.75) is 26.8 Å². The third-order valence-corrected chi connectivity index (χ3v) is 3.52. The van der Waals surface area contributed by atoms with Gasteiger partial charge in [-0.1, -0.05) is 42.8 Å². The van der Waals surface area contributed by atoms with Crippen LogP contribution in [0.5, 0.6) is 5.75 Å². The van der Waals surface area contributed by atoms with Crippen molar-refractivity contribution < 1.29 is 4.74 Å². The van der Waals surface area contributed by atoms with Gasteiger partial charge in [0.15, 0.2) is 0 Å². The Labute approximate surface area is 132 Å². The first-order chi connectivity index (χ1) is 10.3. The average molecular weight is 304 g/mol. The summed E-state index contributed by atoms with van der Waals surface area (Å²) in [5, 5.41) is 4.21. The lowest BCUT2D eigenvalue weighted by Gasteiger charge is -2.15. The molecular formula is C18H22ClNO. The van der Waals surface area contributed by atoms with Gasteiger partial charge in [0.1, 0.15) is 5.75 Å². The first kappa shape index (κ1) is 15.9. The summed E-state index contributed by atoms with van der Waals surface area (Å²) < 4.78 is 5.75. The molecule has 3 heteroatoms. The smallest absolute Gasteiger partial charge is 0.127 e. The predicted octanol–water partition coefficient (Wildman–Crippen LogP) is 4.91. The van der Waals surface area contributed by atoms with Gasteiger partial charge in [-0.15, -0.1) is 0 Å². The van der Waals surface area contributed by atoms with E-state index >= 15 is 0 Å². The quantitative estimate of drug-likeness (QED) is 0.734. The third-order valence-electron chi connectivity index (χ3n) is 3.29. The molecule has 0 spiro atoms. The molecule has 0 unspecified atom stereocenters. The molecule has 0 aliphatic rings. The average Bonchev–Trinajstić information content (AvgIpc) is 2.49. The molecule has 2 rings (SSSR count). The Balaban J connectivity index is 2.38. The zero-order valence-corrected chi connectivity index (χ0v) is 13.4. The highest BCUT2D eigenvalue weighted by Gasteiger charge is 2.10. The molecule has 2 aromatic carbocycles. The van der Waals surface area contributed by atoms with Crippen LogP contribution in [-0.2, 0) is 6.54 Å². The molecule has 21 heavy (non-hydrogen) atoms. The van der Waals surface area contributed by atoms with Crippen molar-refractivity contribution in [1.29, 1.82) is 0 Å². The second-order valence-corrected chi connectivity index (χ2v) is 5.34. The molecule has 0 fully saturated rings. The fourth-order valence-electron chi connectivity index (χ4n) is 2.34. The Morgan fingerprint density at radius 1 is 1.05 bits per heavy atom. The Morgan fingerprint density at radius 2 is 1.86 bits per heavy atom. The Morgan fingerprint density at radius 3 is 2.62 bits per heavy atom. The van der Waals surface area contributed by atoms with Gasteiger partial charge in [-0.3, -0.25) is 0 Å². The van der Waals surface area contributed by atoms with Crippen molar-refractivity contribution in [2.75, 3.05) is 13.2 Å². The second-order valence-electron chi connectivity index (χ2n) is 4.91. The van der Waals surface area contributed by atoms with Crippen LogP contribution in [0.2, 0.25) is 5.02 Å². The molecule has 0 aromatic heterocycles. The van der Waals surface area contributed by atoms with E-state index in [1.807, 2.05) is 37.3 Å². The van der Waals surface area contributed by atoms with E-state index in [1.165, 1.54) is 11.1 Å². The van der Waals surface area contributed by atoms with Crippen LogP contribution in [0, 0.1) is 0 Å². The summed E-state index contributed by atoms with van der Waals surface area (Å²) in [5.41, 5.74) is 3.49. The van der Waals surface area contributed by atoms with E-state index in [0.29, 0.717) is 6.61 Å². The van der Waals surface area contributed by atoms with Crippen LogP contribution in [0.15, 0.2) is 42.5 Å². The zero-order chi connectivity index (χ0) is 15.1. The first-order valence-corrected chi connectivity index (χ1v) is 7.85. The number of halogens is 1. The molecule has 0 radical (unpaired) electrons. The first-order valence-electron chi connectivity index (χ1n) is 7.47. The van der Waals surface area contributed by atoms with Crippen LogP contribution in [0.3, 0.4) is 0 Å². The highest BCUT2D eigenvalue weighted by molar-refractivity contribution is 6.30. The normalized spacial score (nSPS) is 10.6. The largest absolute Gasteiger partial charge is 0.493 e. The molecule has 0 saturated heterocycles. The Bertz CT molecular complexity index is 583. The summed E-state index contributed by atoms with van der Waals surface area (Å²) in [6, 6.07) is 14.2. The summed E-state index contributed by atoms with van der Waals surface area (Å²) >= 11 is 6.16. The molecule has 1 N–H and O–H groups in total. The Kier molecular flexibility index (Phi) is 6.09. The monoisotopic (exact) mass is 303 g/mol. The lowest BCUT2D eigenvalue weighted by atomic mass is 9.98. The summed E-state index contributed by atoms with van der Waals surface area (Å²) in [7, 11) is 0. The molecule has 0 atom stereocenters. The standard InChI is InChI=1S/C18H22ClNO/c1-3-11-20-13-14-12-15(19)9-10-16(14)17-7-5-6-8-18(17)21-4-2/h5-10,12,20H,3-4,11,13H2,1-2H3. The van der Waals surface area contributed by atoms with Crippen molar-refractivity contribution in [1.82, 2.24) is 5.32 Å². The van der Waals surface area contributed by atoms with Crippen LogP contribution in [-0.4, -0.2) is 13.2 Å². The number of hydrogen-bond acceptors (Lipinski definition) is 2. The molecular weight excluding hydrogens is 282 g/mol. The lowest BCUT2D eigenvalue weighted by Crippen LogP contribution is -2.14. The van der Waals surface area contributed by atoms with E-state index in [2.05, 4.69) is 24.4 Å². The summed E-state index contributed by atoms with van der Waals surface area (Å²) in [5.74, 6) is 0.916. The van der Waals surface area contributed by atoms with Gasteiger partial charge in [0, 0.05) is 17.1 Å². The van der Waals surface area contributed by atoms with Gasteiger partial charge in [0.25, 0.3) is 0 Å². The fraction of sp³-hybridized carbons (Fsp3) is 0.333. The Hall–Kier alpha value is -1.51. The minimum Gasteiger partial charge on any atom is -0.493 e. The SMILES string of the molecule is CCCNCc1cc(Cl)ccc1-c1ccccc1OCC. The van der Waals surface area contributed by atoms with Crippen molar-refractivity contribution in [3.05, 3.63) is 53.1 Å². The lowest BCUT2D eigenvalue weighted by molar-refractivity contribution is 0.341. The van der Waals surface area contributed by atoms with Gasteiger partial charge in [0.05, 0.1) is 6.61 Å². The summed E-state index contributed by atoms with van der Waals surface area (Å²) in [4.78, 5) is 0. The van der Waals surface area contributed by atoms with Crippen LogP contribution in [0.4, 0.5) is 0 Å². The van der Waals surface area contributed by atoms with Crippen LogP contribution < -0.4 is 10.1 Å². The van der Waals surface area contributed by atoms with Crippen molar-refractivity contribution >= 4 is 11.6 Å². The van der Waals surface area contributed by atoms with E-state index in [0.717, 1.165) is 35.8 Å². The number of nitrogens with one attached hydrogen (secondary N) is 1. The molecule has 2 nitrogen and oxygen atoms in total. The van der Waals surface area contributed by atoms with E-state index < -0.39 is 0 Å². The highest BCUT2D eigenvalue weighted by atomic mass is 35.5. The van der Waals surface area contributed by atoms with E-state index in [1.54, 1.807) is 0 Å². The maximum absolute atomic E-state index is 6.16. The van der Waals surface area contributed by atoms with Gasteiger partial charge in [-0.25, -0.2) is 0 Å². The maximum Gasteiger partial charge on any atom is 0.127 e. The van der Waals surface area contributed by atoms with Gasteiger partial charge in [0.2, 0.25) is 0 Å². The molecule has 0 aliphatic heterocycles. The predicted molar refractivity (Wildman–Crippen MR) is 90.1 cm³/mol. The molecule has 0 bridgehead atoms. The molecule has 0 heterocycles. The summed E-state index contributed by atoms with van der Waals surface area (Å²) in [6.07, 6.45) is 1.12. The summed E-state index contributed by atoms with van der Waals surface area (Å²) in [6.45, 7) is 6.63. The number of para-hydroxylation sites is 1. The number of rotatable bonds is 7. The number of benzene rings is 2. The highest BCUT2D eigenvalue weighted by Crippen LogP contribution is 2.33. The molecule has 0 aliphatic carbocycles. The third kappa shape index (κ3) is 4.23. The van der Waals surface area contributed by atoms with E-state index in [-0.39, 0.29) is 0 Å². The van der Waals surface area contributed by atoms with Crippen molar-refractivity contribution in [3.8, 4) is 16.9 Å². The van der Waals surface area contributed by atoms with E-state index in [9.17, 15) is 0 Å². The topological polar surface area (TPSA) is 21.3 Å². The van der Waals surface area contributed by atoms with Gasteiger partial charge in [-0.2, -0.15) is 0 Å². The molecule has 112 valence electrons. The molecule has 0 saturated carbocycles. The maximum atomic E-state index is 6.16. The minimum absolute atomic E-state index is 0.661. The van der Waals surface area contributed by atoms with Gasteiger partial charge < -0.3 is 10.1 Å². The molecule has 2 aromatic rings.